The van der Waals surface area contributed by atoms with Gasteiger partial charge in [-0.25, -0.2) is 4.98 Å². The van der Waals surface area contributed by atoms with Crippen LogP contribution in [0.25, 0.3) is 0 Å². The molecule has 0 atom stereocenters. The highest BCUT2D eigenvalue weighted by Crippen LogP contribution is 2.19. The maximum atomic E-state index is 5.58. The first kappa shape index (κ1) is 12.4. The van der Waals surface area contributed by atoms with E-state index in [1.165, 1.54) is 0 Å². The van der Waals surface area contributed by atoms with Crippen LogP contribution in [0.5, 0.6) is 5.88 Å². The smallest absolute Gasteiger partial charge is 0.217 e. The summed E-state index contributed by atoms with van der Waals surface area (Å²) >= 11 is 3.33. The van der Waals surface area contributed by atoms with Crippen molar-refractivity contribution in [1.82, 2.24) is 4.98 Å². The molecule has 0 saturated heterocycles. The average molecular weight is 275 g/mol. The van der Waals surface area contributed by atoms with E-state index in [0.29, 0.717) is 32.2 Å². The fourth-order valence-electron chi connectivity index (χ4n) is 1.09. The van der Waals surface area contributed by atoms with Gasteiger partial charge in [0.05, 0.1) is 6.61 Å². The van der Waals surface area contributed by atoms with Crippen LogP contribution in [-0.2, 0) is 11.3 Å². The minimum absolute atomic E-state index is 0.413. The van der Waals surface area contributed by atoms with Crippen LogP contribution in [0.3, 0.4) is 0 Å². The van der Waals surface area contributed by atoms with E-state index in [1.807, 2.05) is 13.0 Å². The summed E-state index contributed by atoms with van der Waals surface area (Å²) < 4.78 is 11.5. The minimum atomic E-state index is 0.413. The van der Waals surface area contributed by atoms with E-state index in [9.17, 15) is 0 Å². The lowest BCUT2D eigenvalue weighted by molar-refractivity contribution is 0.108. The van der Waals surface area contributed by atoms with E-state index in [1.54, 1.807) is 6.20 Å². The van der Waals surface area contributed by atoms with Crippen LogP contribution >= 0.6 is 15.9 Å². The molecule has 0 unspecified atom stereocenters. The van der Waals surface area contributed by atoms with E-state index in [-0.39, 0.29) is 0 Å². The van der Waals surface area contributed by atoms with Gasteiger partial charge in [0.1, 0.15) is 6.61 Å². The summed E-state index contributed by atoms with van der Waals surface area (Å²) in [5.41, 5.74) is 6.47. The van der Waals surface area contributed by atoms with Gasteiger partial charge < -0.3 is 15.2 Å². The molecule has 0 fully saturated rings. The number of aromatic nitrogens is 1. The number of hydrogen-bond acceptors (Lipinski definition) is 4. The zero-order valence-corrected chi connectivity index (χ0v) is 10.3. The Labute approximate surface area is 97.9 Å². The van der Waals surface area contributed by atoms with Gasteiger partial charge in [-0.3, -0.25) is 0 Å². The van der Waals surface area contributed by atoms with Gasteiger partial charge in [0.15, 0.2) is 0 Å². The molecule has 0 amide bonds. The Morgan fingerprint density at radius 3 is 2.93 bits per heavy atom. The lowest BCUT2D eigenvalue weighted by Gasteiger charge is -2.09. The van der Waals surface area contributed by atoms with Gasteiger partial charge in [-0.1, -0.05) is 0 Å². The molecule has 0 radical (unpaired) electrons. The number of ether oxygens (including phenoxy) is 2. The number of rotatable bonds is 6. The molecule has 1 aromatic rings. The van der Waals surface area contributed by atoms with Crippen molar-refractivity contribution in [3.8, 4) is 5.88 Å². The van der Waals surface area contributed by atoms with Crippen molar-refractivity contribution in [3.63, 3.8) is 0 Å². The standard InChI is InChI=1S/C10H15BrN2O2/c1-2-14-3-4-15-10-8(6-12)5-9(11)7-13-10/h5,7H,2-4,6,12H2,1H3. The SMILES string of the molecule is CCOCCOc1ncc(Br)cc1CN. The first-order chi connectivity index (χ1) is 7.27. The topological polar surface area (TPSA) is 57.4 Å². The summed E-state index contributed by atoms with van der Waals surface area (Å²) in [5, 5.41) is 0. The Balaban J connectivity index is 2.52. The lowest BCUT2D eigenvalue weighted by Crippen LogP contribution is -2.10. The van der Waals surface area contributed by atoms with Crippen LogP contribution in [0.1, 0.15) is 12.5 Å². The molecule has 0 aliphatic rings. The van der Waals surface area contributed by atoms with Gasteiger partial charge in [0.25, 0.3) is 0 Å². The highest BCUT2D eigenvalue weighted by Gasteiger charge is 2.04. The predicted molar refractivity (Wildman–Crippen MR) is 61.8 cm³/mol. The quantitative estimate of drug-likeness (QED) is 0.803. The Morgan fingerprint density at radius 2 is 2.27 bits per heavy atom. The Morgan fingerprint density at radius 1 is 1.47 bits per heavy atom. The number of pyridine rings is 1. The fraction of sp³-hybridized carbons (Fsp3) is 0.500. The molecule has 0 bridgehead atoms. The molecule has 0 aliphatic heterocycles. The normalized spacial score (nSPS) is 10.3. The van der Waals surface area contributed by atoms with Crippen LogP contribution in [0.2, 0.25) is 0 Å². The van der Waals surface area contributed by atoms with Gasteiger partial charge >= 0.3 is 0 Å². The van der Waals surface area contributed by atoms with Gasteiger partial charge in [0.2, 0.25) is 5.88 Å². The second-order valence-electron chi connectivity index (χ2n) is 2.87. The lowest BCUT2D eigenvalue weighted by atomic mass is 10.3. The van der Waals surface area contributed by atoms with Crippen molar-refractivity contribution >= 4 is 15.9 Å². The number of halogens is 1. The van der Waals surface area contributed by atoms with Gasteiger partial charge in [-0.15, -0.1) is 0 Å². The van der Waals surface area contributed by atoms with E-state index in [2.05, 4.69) is 20.9 Å². The summed E-state index contributed by atoms with van der Waals surface area (Å²) in [5.74, 6) is 0.584. The van der Waals surface area contributed by atoms with E-state index in [0.717, 1.165) is 10.0 Å². The summed E-state index contributed by atoms with van der Waals surface area (Å²) in [4.78, 5) is 4.14. The molecule has 4 nitrogen and oxygen atoms in total. The van der Waals surface area contributed by atoms with E-state index in [4.69, 9.17) is 15.2 Å². The first-order valence-corrected chi connectivity index (χ1v) is 5.62. The number of hydrogen-bond donors (Lipinski definition) is 1. The molecule has 15 heavy (non-hydrogen) atoms. The second-order valence-corrected chi connectivity index (χ2v) is 3.78. The van der Waals surface area contributed by atoms with Crippen molar-refractivity contribution in [2.45, 2.75) is 13.5 Å². The maximum Gasteiger partial charge on any atom is 0.217 e. The summed E-state index contributed by atoms with van der Waals surface area (Å²) in [6, 6.07) is 1.91. The van der Waals surface area contributed by atoms with Crippen molar-refractivity contribution < 1.29 is 9.47 Å². The molecule has 0 aromatic carbocycles. The maximum absolute atomic E-state index is 5.58. The molecular weight excluding hydrogens is 260 g/mol. The van der Waals surface area contributed by atoms with E-state index >= 15 is 0 Å². The molecule has 0 spiro atoms. The molecule has 84 valence electrons. The van der Waals surface area contributed by atoms with Gasteiger partial charge in [0, 0.05) is 29.4 Å². The summed E-state index contributed by atoms with van der Waals surface area (Å²) in [6.45, 7) is 4.12. The first-order valence-electron chi connectivity index (χ1n) is 4.83. The van der Waals surface area contributed by atoms with E-state index < -0.39 is 0 Å². The molecular formula is C10H15BrN2O2. The van der Waals surface area contributed by atoms with Crippen LogP contribution < -0.4 is 10.5 Å². The summed E-state index contributed by atoms with van der Waals surface area (Å²) in [6.07, 6.45) is 1.69. The van der Waals surface area contributed by atoms with Gasteiger partial charge in [-0.05, 0) is 28.9 Å². The molecule has 2 N–H and O–H groups in total. The van der Waals surface area contributed by atoms with Crippen LogP contribution in [0.4, 0.5) is 0 Å². The monoisotopic (exact) mass is 274 g/mol. The zero-order chi connectivity index (χ0) is 11.1. The highest BCUT2D eigenvalue weighted by atomic mass is 79.9. The Bertz CT molecular complexity index is 307. The number of nitrogens with zero attached hydrogens (tertiary/aromatic N) is 1. The highest BCUT2D eigenvalue weighted by molar-refractivity contribution is 9.10. The summed E-state index contributed by atoms with van der Waals surface area (Å²) in [7, 11) is 0. The molecule has 1 heterocycles. The van der Waals surface area contributed by atoms with Crippen molar-refractivity contribution in [2.75, 3.05) is 19.8 Å². The third-order valence-electron chi connectivity index (χ3n) is 1.78. The van der Waals surface area contributed by atoms with Gasteiger partial charge in [-0.2, -0.15) is 0 Å². The third kappa shape index (κ3) is 4.15. The van der Waals surface area contributed by atoms with Crippen molar-refractivity contribution in [3.05, 3.63) is 22.3 Å². The molecule has 1 rings (SSSR count). The van der Waals surface area contributed by atoms with Crippen LogP contribution in [0, 0.1) is 0 Å². The second kappa shape index (κ2) is 6.76. The molecule has 0 saturated carbocycles. The molecule has 0 aliphatic carbocycles. The molecule has 5 heteroatoms. The largest absolute Gasteiger partial charge is 0.475 e. The fourth-order valence-corrected chi connectivity index (χ4v) is 1.47. The zero-order valence-electron chi connectivity index (χ0n) is 8.70. The van der Waals surface area contributed by atoms with Crippen molar-refractivity contribution in [2.24, 2.45) is 5.73 Å². The average Bonchev–Trinajstić information content (AvgIpc) is 2.26. The molecule has 1 aromatic heterocycles. The third-order valence-corrected chi connectivity index (χ3v) is 2.22. The minimum Gasteiger partial charge on any atom is -0.475 e. The van der Waals surface area contributed by atoms with Crippen LogP contribution in [-0.4, -0.2) is 24.8 Å². The number of nitrogens with two attached hydrogens (primary N) is 1. The van der Waals surface area contributed by atoms with Crippen molar-refractivity contribution in [1.29, 1.82) is 0 Å². The Kier molecular flexibility index (Phi) is 5.60. The Hall–Kier alpha value is -0.650. The predicted octanol–water partition coefficient (Wildman–Crippen LogP) is 1.72. The van der Waals surface area contributed by atoms with Crippen LogP contribution in [0.15, 0.2) is 16.7 Å².